The lowest BCUT2D eigenvalue weighted by atomic mass is 9.40. The summed E-state index contributed by atoms with van der Waals surface area (Å²) in [5.41, 5.74) is 2.80. The van der Waals surface area contributed by atoms with Gasteiger partial charge < -0.3 is 10.1 Å². The van der Waals surface area contributed by atoms with Crippen LogP contribution in [0.3, 0.4) is 0 Å². The highest BCUT2D eigenvalue weighted by Gasteiger charge is 2.69. The molecule has 8 nitrogen and oxygen atoms in total. The lowest BCUT2D eigenvalue weighted by Gasteiger charge is -2.66. The quantitative estimate of drug-likeness (QED) is 0.467. The Morgan fingerprint density at radius 1 is 1.17 bits per heavy atom. The second kappa shape index (κ2) is 8.02. The van der Waals surface area contributed by atoms with Gasteiger partial charge in [0.15, 0.2) is 5.65 Å². The molecule has 1 aromatic carbocycles. The zero-order valence-corrected chi connectivity index (χ0v) is 19.6. The molecular formula is C25H23F2N7O. The number of hydrogen-bond acceptors (Lipinski definition) is 7. The van der Waals surface area contributed by atoms with Crippen molar-refractivity contribution in [1.82, 2.24) is 19.7 Å². The lowest BCUT2D eigenvalue weighted by Crippen LogP contribution is -2.70. The van der Waals surface area contributed by atoms with Crippen LogP contribution in [0.1, 0.15) is 41.6 Å². The van der Waals surface area contributed by atoms with E-state index in [1.54, 1.807) is 13.0 Å². The van der Waals surface area contributed by atoms with Gasteiger partial charge in [-0.3, -0.25) is 4.68 Å². The zero-order valence-electron chi connectivity index (χ0n) is 19.6. The largest absolute Gasteiger partial charge is 0.437 e. The van der Waals surface area contributed by atoms with Crippen molar-refractivity contribution < 1.29 is 13.5 Å². The van der Waals surface area contributed by atoms with Crippen molar-refractivity contribution in [3.63, 3.8) is 0 Å². The van der Waals surface area contributed by atoms with Crippen LogP contribution in [0.2, 0.25) is 0 Å². The van der Waals surface area contributed by atoms with Crippen molar-refractivity contribution in [2.24, 2.45) is 5.41 Å². The Kier molecular flexibility index (Phi) is 5.21. The molecule has 0 atom stereocenters. The summed E-state index contributed by atoms with van der Waals surface area (Å²) in [6, 6.07) is 8.14. The van der Waals surface area contributed by atoms with E-state index in [9.17, 15) is 14.0 Å². The number of anilines is 1. The Bertz CT molecular complexity index is 1420. The molecule has 0 spiro atoms. The second-order valence-corrected chi connectivity index (χ2v) is 9.59. The first-order valence-corrected chi connectivity index (χ1v) is 11.2. The summed E-state index contributed by atoms with van der Waals surface area (Å²) in [6.45, 7) is 4.91. The van der Waals surface area contributed by atoms with E-state index < -0.39 is 13.0 Å². The Balaban J connectivity index is 1.55. The average Bonchev–Trinajstić information content (AvgIpc) is 3.05. The maximum absolute atomic E-state index is 13.1. The molecule has 2 aromatic heterocycles. The smallest absolute Gasteiger partial charge is 0.257 e. The first-order valence-electron chi connectivity index (χ1n) is 11.2. The maximum Gasteiger partial charge on any atom is 0.257 e. The number of allylic oxidation sites excluding steroid dienone is 1. The van der Waals surface area contributed by atoms with Gasteiger partial charge in [-0.05, 0) is 74.9 Å². The van der Waals surface area contributed by atoms with Crippen molar-refractivity contribution in [3.8, 4) is 23.8 Å². The summed E-state index contributed by atoms with van der Waals surface area (Å²) >= 11 is 0. The summed E-state index contributed by atoms with van der Waals surface area (Å²) < 4.78 is 33.8. The van der Waals surface area contributed by atoms with Gasteiger partial charge in [0.1, 0.15) is 17.7 Å². The molecule has 178 valence electrons. The number of alkyl halides is 2. The van der Waals surface area contributed by atoms with Gasteiger partial charge in [0.05, 0.1) is 23.2 Å². The van der Waals surface area contributed by atoms with Crippen LogP contribution in [-0.2, 0) is 6.54 Å². The number of aromatic nitrogens is 4. The molecule has 0 saturated heterocycles. The molecule has 3 fully saturated rings. The molecule has 10 heteroatoms. The number of nitrogens with zero attached hydrogens (tertiary/aromatic N) is 6. The van der Waals surface area contributed by atoms with E-state index in [1.165, 1.54) is 10.8 Å². The summed E-state index contributed by atoms with van der Waals surface area (Å²) in [7, 11) is 0. The fraction of sp³-hybridized carbons (Fsp3) is 0.400. The van der Waals surface area contributed by atoms with E-state index in [2.05, 4.69) is 26.5 Å². The van der Waals surface area contributed by atoms with E-state index in [4.69, 9.17) is 10.00 Å². The van der Waals surface area contributed by atoms with Crippen LogP contribution in [-0.4, -0.2) is 31.7 Å². The SMILES string of the molecule is Cc1cc(/C=C/C#N)cc(C)c1Oc1nc(NC23CC(C#N)(C2)C3)nc2nn(CC(F)F)c(C)c12. The minimum absolute atomic E-state index is 0.220. The predicted octanol–water partition coefficient (Wildman–Crippen LogP) is 5.20. The van der Waals surface area contributed by atoms with Gasteiger partial charge >= 0.3 is 0 Å². The molecule has 0 aliphatic heterocycles. The molecule has 0 unspecified atom stereocenters. The van der Waals surface area contributed by atoms with Crippen molar-refractivity contribution >= 4 is 23.1 Å². The van der Waals surface area contributed by atoms with Gasteiger partial charge in [0.2, 0.25) is 11.8 Å². The minimum atomic E-state index is -2.57. The molecule has 3 aromatic rings. The Labute approximate surface area is 200 Å². The molecule has 3 aliphatic carbocycles. The van der Waals surface area contributed by atoms with Crippen LogP contribution < -0.4 is 10.1 Å². The van der Waals surface area contributed by atoms with Gasteiger partial charge in [0.25, 0.3) is 6.43 Å². The highest BCUT2D eigenvalue weighted by atomic mass is 19.3. The van der Waals surface area contributed by atoms with Gasteiger partial charge in [-0.2, -0.15) is 25.6 Å². The van der Waals surface area contributed by atoms with Gasteiger partial charge in [-0.15, -0.1) is 0 Å². The molecule has 0 radical (unpaired) electrons. The third kappa shape index (κ3) is 3.85. The maximum atomic E-state index is 13.1. The van der Waals surface area contributed by atoms with Crippen LogP contribution in [0, 0.1) is 48.8 Å². The highest BCUT2D eigenvalue weighted by Crippen LogP contribution is 2.67. The normalized spacial score (nSPS) is 22.5. The lowest BCUT2D eigenvalue weighted by molar-refractivity contribution is -0.0665. The number of halogens is 2. The highest BCUT2D eigenvalue weighted by molar-refractivity contribution is 5.85. The first kappa shape index (κ1) is 22.7. The number of rotatable bonds is 7. The summed E-state index contributed by atoms with van der Waals surface area (Å²) in [6.07, 6.45) is 2.72. The molecule has 6 rings (SSSR count). The topological polar surface area (TPSA) is 112 Å². The Hall–Kier alpha value is -4.05. The van der Waals surface area contributed by atoms with E-state index >= 15 is 0 Å². The number of hydrogen-bond donors (Lipinski definition) is 1. The average molecular weight is 476 g/mol. The Morgan fingerprint density at radius 2 is 1.86 bits per heavy atom. The predicted molar refractivity (Wildman–Crippen MR) is 125 cm³/mol. The van der Waals surface area contributed by atoms with E-state index in [1.807, 2.05) is 32.0 Å². The van der Waals surface area contributed by atoms with Gasteiger partial charge in [-0.25, -0.2) is 8.78 Å². The van der Waals surface area contributed by atoms with E-state index in [-0.39, 0.29) is 22.5 Å². The summed E-state index contributed by atoms with van der Waals surface area (Å²) in [5, 5.41) is 26.2. The number of benzene rings is 1. The molecule has 2 bridgehead atoms. The van der Waals surface area contributed by atoms with Gasteiger partial charge in [-0.1, -0.05) is 0 Å². The van der Waals surface area contributed by atoms with Crippen LogP contribution in [0.4, 0.5) is 14.7 Å². The molecule has 0 amide bonds. The standard InChI is InChI=1S/C25H23F2N7O/c1-14-7-17(5-4-6-28)8-15(2)20(14)35-22-19-16(3)34(9-18(26)27)33-21(19)30-23(31-22)32-25-10-24(11-25,12-25)13-29/h4-5,7-8,18H,9-12H2,1-3H3,(H,30,32,33)/b5-4+. The molecule has 1 N–H and O–H groups in total. The van der Waals surface area contributed by atoms with Crippen molar-refractivity contribution in [2.75, 3.05) is 5.32 Å². The molecule has 3 aliphatic rings. The summed E-state index contributed by atoms with van der Waals surface area (Å²) in [5.74, 6) is 1.10. The zero-order chi connectivity index (χ0) is 25.0. The van der Waals surface area contributed by atoms with Crippen molar-refractivity contribution in [1.29, 1.82) is 10.5 Å². The monoisotopic (exact) mass is 475 g/mol. The Morgan fingerprint density at radius 3 is 2.46 bits per heavy atom. The third-order valence-corrected chi connectivity index (χ3v) is 6.81. The first-order chi connectivity index (χ1) is 16.7. The number of ether oxygens (including phenoxy) is 1. The van der Waals surface area contributed by atoms with Crippen LogP contribution >= 0.6 is 0 Å². The van der Waals surface area contributed by atoms with E-state index in [0.29, 0.717) is 22.8 Å². The molecule has 3 saturated carbocycles. The van der Waals surface area contributed by atoms with Crippen LogP contribution in [0.5, 0.6) is 11.6 Å². The number of nitriles is 2. The van der Waals surface area contributed by atoms with E-state index in [0.717, 1.165) is 36.0 Å². The molecule has 2 heterocycles. The van der Waals surface area contributed by atoms with Crippen molar-refractivity contribution in [3.05, 3.63) is 40.6 Å². The number of nitrogens with one attached hydrogen (secondary N) is 1. The third-order valence-electron chi connectivity index (χ3n) is 6.81. The summed E-state index contributed by atoms with van der Waals surface area (Å²) in [4.78, 5) is 9.12. The van der Waals surface area contributed by atoms with Crippen LogP contribution in [0.25, 0.3) is 17.1 Å². The number of fused-ring (bicyclic) bond motifs is 1. The molecular weight excluding hydrogens is 452 g/mol. The molecule has 35 heavy (non-hydrogen) atoms. The van der Waals surface area contributed by atoms with Crippen LogP contribution in [0.15, 0.2) is 18.2 Å². The van der Waals surface area contributed by atoms with Crippen molar-refractivity contribution in [2.45, 2.75) is 58.5 Å². The fourth-order valence-corrected chi connectivity index (χ4v) is 5.32. The van der Waals surface area contributed by atoms with Gasteiger partial charge in [0, 0.05) is 11.6 Å². The minimum Gasteiger partial charge on any atom is -0.437 e. The number of aryl methyl sites for hydroxylation is 3. The fourth-order valence-electron chi connectivity index (χ4n) is 5.32. The second-order valence-electron chi connectivity index (χ2n) is 9.59.